The molecule has 2 fully saturated rings. The van der Waals surface area contributed by atoms with Crippen molar-refractivity contribution in [3.63, 3.8) is 0 Å². The summed E-state index contributed by atoms with van der Waals surface area (Å²) in [6, 6.07) is 5.43. The van der Waals surface area contributed by atoms with Gasteiger partial charge in [-0.3, -0.25) is 14.4 Å². The van der Waals surface area contributed by atoms with E-state index in [1.54, 1.807) is 18.3 Å². The van der Waals surface area contributed by atoms with Crippen LogP contribution in [0.3, 0.4) is 0 Å². The SMILES string of the molecule is CCC(=O)N[C@@H](Cc1nc2ccc(C(C)C)cc2s1)C(=O)NC(CNC(=O)C(C)CN1CCCC1)C1CCCCC1. The lowest BCUT2D eigenvalue weighted by Gasteiger charge is -2.32. The van der Waals surface area contributed by atoms with E-state index in [1.807, 2.05) is 13.0 Å². The summed E-state index contributed by atoms with van der Waals surface area (Å²) in [5, 5.41) is 10.2. The monoisotopic (exact) mass is 583 g/mol. The number of rotatable bonds is 13. The lowest BCUT2D eigenvalue weighted by Crippen LogP contribution is -2.55. The van der Waals surface area contributed by atoms with E-state index in [9.17, 15) is 14.4 Å². The summed E-state index contributed by atoms with van der Waals surface area (Å²) in [5.41, 5.74) is 2.18. The summed E-state index contributed by atoms with van der Waals surface area (Å²) in [4.78, 5) is 46.4. The van der Waals surface area contributed by atoms with E-state index >= 15 is 0 Å². The summed E-state index contributed by atoms with van der Waals surface area (Å²) < 4.78 is 1.10. The maximum Gasteiger partial charge on any atom is 0.243 e. The Labute approximate surface area is 249 Å². The Kier molecular flexibility index (Phi) is 11.6. The maximum atomic E-state index is 13.8. The molecule has 9 heteroatoms. The third-order valence-corrected chi connectivity index (χ3v) is 9.74. The molecule has 4 rings (SSSR count). The number of nitrogens with zero attached hydrogens (tertiary/aromatic N) is 2. The standard InChI is InChI=1S/C32H49N5O3S/c1-5-29(38)34-26(18-30-35-25-14-13-24(21(2)3)17-28(25)41-30)32(40)36-27(23-11-7-6-8-12-23)19-33-31(39)22(4)20-37-15-9-10-16-37/h13-14,17,21-23,26-27H,5-12,15-16,18-20H2,1-4H3,(H,33,39)(H,34,38)(H,36,40)/t22?,26-,27?/m0/s1. The molecule has 1 aliphatic carbocycles. The number of hydrogen-bond acceptors (Lipinski definition) is 6. The maximum absolute atomic E-state index is 13.8. The van der Waals surface area contributed by atoms with Crippen LogP contribution in [-0.4, -0.2) is 65.9 Å². The van der Waals surface area contributed by atoms with Crippen molar-refractivity contribution in [1.29, 1.82) is 0 Å². The molecular formula is C32H49N5O3S. The fourth-order valence-corrected chi connectivity index (χ4v) is 7.15. The van der Waals surface area contributed by atoms with Crippen LogP contribution in [0.5, 0.6) is 0 Å². The molecule has 0 spiro atoms. The van der Waals surface area contributed by atoms with Gasteiger partial charge in [0, 0.05) is 37.9 Å². The van der Waals surface area contributed by atoms with Crippen LogP contribution in [0.1, 0.15) is 95.6 Å². The van der Waals surface area contributed by atoms with E-state index in [-0.39, 0.29) is 29.7 Å². The zero-order chi connectivity index (χ0) is 29.4. The molecule has 1 aromatic carbocycles. The van der Waals surface area contributed by atoms with Gasteiger partial charge in [0.15, 0.2) is 0 Å². The second-order valence-corrected chi connectivity index (χ2v) is 13.4. The van der Waals surface area contributed by atoms with Crippen molar-refractivity contribution in [2.45, 2.75) is 103 Å². The van der Waals surface area contributed by atoms with E-state index in [2.05, 4.69) is 46.8 Å². The van der Waals surface area contributed by atoms with Crippen molar-refractivity contribution in [1.82, 2.24) is 25.8 Å². The largest absolute Gasteiger partial charge is 0.354 e. The first-order chi connectivity index (χ1) is 19.7. The highest BCUT2D eigenvalue weighted by atomic mass is 32.1. The third kappa shape index (κ3) is 8.98. The molecule has 1 saturated carbocycles. The smallest absolute Gasteiger partial charge is 0.243 e. The second kappa shape index (κ2) is 15.1. The van der Waals surface area contributed by atoms with Crippen molar-refractivity contribution in [2.24, 2.45) is 11.8 Å². The summed E-state index contributed by atoms with van der Waals surface area (Å²) >= 11 is 1.58. The molecule has 2 unspecified atom stereocenters. The summed E-state index contributed by atoms with van der Waals surface area (Å²) in [7, 11) is 0. The van der Waals surface area contributed by atoms with Gasteiger partial charge in [0.2, 0.25) is 17.7 Å². The zero-order valence-corrected chi connectivity index (χ0v) is 26.2. The number of carbonyl (C=O) groups is 3. The zero-order valence-electron chi connectivity index (χ0n) is 25.3. The number of aromatic nitrogens is 1. The Bertz CT molecular complexity index is 1170. The van der Waals surface area contributed by atoms with E-state index < -0.39 is 6.04 Å². The molecule has 3 atom stereocenters. The van der Waals surface area contributed by atoms with Gasteiger partial charge in [0.05, 0.1) is 15.2 Å². The highest BCUT2D eigenvalue weighted by Crippen LogP contribution is 2.28. The van der Waals surface area contributed by atoms with Gasteiger partial charge < -0.3 is 20.9 Å². The van der Waals surface area contributed by atoms with Crippen LogP contribution in [-0.2, 0) is 20.8 Å². The first-order valence-electron chi connectivity index (χ1n) is 15.7. The molecule has 0 radical (unpaired) electrons. The summed E-state index contributed by atoms with van der Waals surface area (Å²) in [5.74, 6) is 0.310. The lowest BCUT2D eigenvalue weighted by molar-refractivity contribution is -0.130. The molecule has 2 heterocycles. The minimum atomic E-state index is -0.719. The van der Waals surface area contributed by atoms with E-state index in [0.29, 0.717) is 31.2 Å². The van der Waals surface area contributed by atoms with E-state index in [0.717, 1.165) is 60.5 Å². The Morgan fingerprint density at radius 1 is 1.00 bits per heavy atom. The lowest BCUT2D eigenvalue weighted by atomic mass is 9.83. The van der Waals surface area contributed by atoms with Gasteiger partial charge in [-0.1, -0.05) is 53.0 Å². The molecule has 2 aliphatic rings. The van der Waals surface area contributed by atoms with Crippen LogP contribution in [0, 0.1) is 11.8 Å². The van der Waals surface area contributed by atoms with Gasteiger partial charge >= 0.3 is 0 Å². The Morgan fingerprint density at radius 2 is 1.73 bits per heavy atom. The molecule has 2 aromatic rings. The first kappa shape index (κ1) is 31.4. The minimum Gasteiger partial charge on any atom is -0.354 e. The molecule has 41 heavy (non-hydrogen) atoms. The van der Waals surface area contributed by atoms with Crippen molar-refractivity contribution >= 4 is 39.3 Å². The van der Waals surface area contributed by atoms with Crippen LogP contribution in [0.4, 0.5) is 0 Å². The average Bonchev–Trinajstić information content (AvgIpc) is 3.63. The van der Waals surface area contributed by atoms with Gasteiger partial charge in [-0.2, -0.15) is 0 Å². The number of hydrogen-bond donors (Lipinski definition) is 3. The average molecular weight is 584 g/mol. The van der Waals surface area contributed by atoms with Crippen LogP contribution in [0.2, 0.25) is 0 Å². The van der Waals surface area contributed by atoms with Crippen LogP contribution >= 0.6 is 11.3 Å². The quantitative estimate of drug-likeness (QED) is 0.315. The number of fused-ring (bicyclic) bond motifs is 1. The molecule has 0 bridgehead atoms. The minimum absolute atomic E-state index is 0.0398. The molecule has 3 N–H and O–H groups in total. The highest BCUT2D eigenvalue weighted by Gasteiger charge is 2.30. The third-order valence-electron chi connectivity index (χ3n) is 8.70. The van der Waals surface area contributed by atoms with E-state index in [1.165, 1.54) is 24.8 Å². The Balaban J connectivity index is 1.44. The molecule has 1 saturated heterocycles. The van der Waals surface area contributed by atoms with Crippen molar-refractivity contribution < 1.29 is 14.4 Å². The summed E-state index contributed by atoms with van der Waals surface area (Å²) in [6.45, 7) is 11.4. The first-order valence-corrected chi connectivity index (χ1v) is 16.5. The van der Waals surface area contributed by atoms with Gasteiger partial charge in [-0.05, 0) is 68.3 Å². The number of likely N-dealkylation sites (tertiary alicyclic amines) is 1. The number of benzene rings is 1. The highest BCUT2D eigenvalue weighted by molar-refractivity contribution is 7.18. The molecular weight excluding hydrogens is 534 g/mol. The molecule has 3 amide bonds. The van der Waals surface area contributed by atoms with Crippen LogP contribution in [0.15, 0.2) is 18.2 Å². The topological polar surface area (TPSA) is 103 Å². The number of carbonyl (C=O) groups excluding carboxylic acids is 3. The summed E-state index contributed by atoms with van der Waals surface area (Å²) in [6.07, 6.45) is 8.60. The fraction of sp³-hybridized carbons (Fsp3) is 0.688. The van der Waals surface area contributed by atoms with Gasteiger partial charge in [-0.25, -0.2) is 4.98 Å². The van der Waals surface area contributed by atoms with Gasteiger partial charge in [0.1, 0.15) is 6.04 Å². The second-order valence-electron chi connectivity index (χ2n) is 12.3. The molecule has 226 valence electrons. The molecule has 8 nitrogen and oxygen atoms in total. The molecule has 1 aromatic heterocycles. The van der Waals surface area contributed by atoms with Crippen molar-refractivity contribution in [3.05, 3.63) is 28.8 Å². The van der Waals surface area contributed by atoms with Gasteiger partial charge in [-0.15, -0.1) is 11.3 Å². The predicted octanol–water partition coefficient (Wildman–Crippen LogP) is 4.77. The van der Waals surface area contributed by atoms with Crippen molar-refractivity contribution in [2.75, 3.05) is 26.2 Å². The number of thiazole rings is 1. The Morgan fingerprint density at radius 3 is 2.41 bits per heavy atom. The van der Waals surface area contributed by atoms with Crippen LogP contribution < -0.4 is 16.0 Å². The normalized spacial score (nSPS) is 18.8. The molecule has 1 aliphatic heterocycles. The van der Waals surface area contributed by atoms with E-state index in [4.69, 9.17) is 4.98 Å². The predicted molar refractivity (Wildman–Crippen MR) is 166 cm³/mol. The number of amides is 3. The van der Waals surface area contributed by atoms with Gasteiger partial charge in [0.25, 0.3) is 0 Å². The van der Waals surface area contributed by atoms with Crippen LogP contribution in [0.25, 0.3) is 10.2 Å². The Hall–Kier alpha value is -2.52. The fourth-order valence-electron chi connectivity index (χ4n) is 6.09. The van der Waals surface area contributed by atoms with Crippen molar-refractivity contribution in [3.8, 4) is 0 Å². The number of nitrogens with one attached hydrogen (secondary N) is 3.